The van der Waals surface area contributed by atoms with Gasteiger partial charge in [0.1, 0.15) is 10.8 Å². The van der Waals surface area contributed by atoms with Crippen molar-refractivity contribution in [1.29, 1.82) is 0 Å². The van der Waals surface area contributed by atoms with Crippen molar-refractivity contribution >= 4 is 48.6 Å². The van der Waals surface area contributed by atoms with Crippen LogP contribution in [-0.2, 0) is 30.2 Å². The van der Waals surface area contributed by atoms with Crippen LogP contribution in [0.3, 0.4) is 0 Å². The first-order valence-electron chi connectivity index (χ1n) is 11.0. The molecule has 3 rings (SSSR count). The lowest BCUT2D eigenvalue weighted by Crippen LogP contribution is -2.48. The lowest BCUT2D eigenvalue weighted by molar-refractivity contribution is -0.120. The number of rotatable bonds is 12. The number of nitrogens with one attached hydrogen (secondary N) is 2. The number of hydrogen-bond acceptors (Lipinski definition) is 9. The molecule has 12 nitrogen and oxygen atoms in total. The van der Waals surface area contributed by atoms with E-state index in [1.54, 1.807) is 54.6 Å². The second kappa shape index (κ2) is 11.5. The fraction of sp³-hybridized carbons (Fsp3) is 0.304. The van der Waals surface area contributed by atoms with Crippen LogP contribution in [0.4, 0.5) is 4.79 Å². The number of carbonyl (C=O) groups excluding carboxylic acids is 2. The Hall–Kier alpha value is -3.78. The summed E-state index contributed by atoms with van der Waals surface area (Å²) < 4.78 is 55.9. The highest BCUT2D eigenvalue weighted by Crippen LogP contribution is 2.19. The van der Waals surface area contributed by atoms with Gasteiger partial charge in [-0.1, -0.05) is 42.5 Å². The predicted octanol–water partition coefficient (Wildman–Crippen LogP) is 1.18. The fourth-order valence-electron chi connectivity index (χ4n) is 3.57. The topological polar surface area (TPSA) is 190 Å². The second-order valence-corrected chi connectivity index (χ2v) is 12.6. The largest absolute Gasteiger partial charge is 0.465 e. The third-order valence-electron chi connectivity index (χ3n) is 5.39. The van der Waals surface area contributed by atoms with Gasteiger partial charge >= 0.3 is 6.09 Å². The predicted molar refractivity (Wildman–Crippen MR) is 133 cm³/mol. The molecule has 37 heavy (non-hydrogen) atoms. The van der Waals surface area contributed by atoms with Gasteiger partial charge in [-0.2, -0.15) is 0 Å². The summed E-state index contributed by atoms with van der Waals surface area (Å²) in [4.78, 5) is 40.6. The molecule has 2 atom stereocenters. The zero-order chi connectivity index (χ0) is 27.2. The maximum absolute atomic E-state index is 12.9. The average Bonchev–Trinajstić information content (AvgIpc) is 3.25. The Kier molecular flexibility index (Phi) is 8.65. The molecule has 0 spiro atoms. The van der Waals surface area contributed by atoms with Gasteiger partial charge in [0.15, 0.2) is 30.5 Å². The number of amides is 2. The standard InChI is InChI=1S/C23H25N3O9S2/c1-36(31,32)18(20(27)22-26-16-9-5-6-10-17(16)35-22)11-12-24-21(28)19(13-25-23(29)30)37(33,34)14-15-7-3-2-4-8-15/h2-10,18-19,25H,11-14H2,1H3,(H,24,28)(H,29,30). The quantitative estimate of drug-likeness (QED) is 0.276. The Balaban J connectivity index is 1.73. The molecule has 0 saturated heterocycles. The molecular formula is C23H25N3O9S2. The normalized spacial score (nSPS) is 13.5. The second-order valence-electron chi connectivity index (χ2n) is 8.22. The van der Waals surface area contributed by atoms with Crippen LogP contribution < -0.4 is 10.6 Å². The maximum Gasteiger partial charge on any atom is 0.404 e. The molecule has 0 aliphatic rings. The summed E-state index contributed by atoms with van der Waals surface area (Å²) in [5.74, 6) is -2.87. The molecule has 3 aromatic rings. The van der Waals surface area contributed by atoms with Gasteiger partial charge in [0, 0.05) is 19.3 Å². The molecule has 1 heterocycles. The number of nitrogens with zero attached hydrogens (tertiary/aromatic N) is 1. The first kappa shape index (κ1) is 27.8. The first-order chi connectivity index (χ1) is 17.4. The summed E-state index contributed by atoms with van der Waals surface area (Å²) in [6.07, 6.45) is -1.06. The van der Waals surface area contributed by atoms with Crippen LogP contribution in [0, 0.1) is 0 Å². The molecule has 2 amide bonds. The van der Waals surface area contributed by atoms with Crippen LogP contribution in [0.5, 0.6) is 0 Å². The average molecular weight is 552 g/mol. The van der Waals surface area contributed by atoms with E-state index in [9.17, 15) is 31.2 Å². The minimum absolute atomic E-state index is 0.295. The number of carboxylic acid groups (broad SMARTS) is 1. The third kappa shape index (κ3) is 7.36. The summed E-state index contributed by atoms with van der Waals surface area (Å²) in [6, 6.07) is 14.5. The minimum atomic E-state index is -4.17. The Bertz CT molecular complexity index is 1470. The Labute approximate surface area is 212 Å². The highest BCUT2D eigenvalue weighted by molar-refractivity contribution is 7.92. The molecule has 0 bridgehead atoms. The van der Waals surface area contributed by atoms with Gasteiger partial charge in [0.25, 0.3) is 5.89 Å². The molecule has 14 heteroatoms. The van der Waals surface area contributed by atoms with E-state index >= 15 is 0 Å². The number of fused-ring (bicyclic) bond motifs is 1. The molecular weight excluding hydrogens is 526 g/mol. The number of para-hydroxylation sites is 2. The highest BCUT2D eigenvalue weighted by Gasteiger charge is 2.35. The van der Waals surface area contributed by atoms with Crippen molar-refractivity contribution in [2.24, 2.45) is 0 Å². The number of ketones is 1. The lowest BCUT2D eigenvalue weighted by Gasteiger charge is -2.18. The van der Waals surface area contributed by atoms with E-state index in [2.05, 4.69) is 10.3 Å². The molecule has 0 radical (unpaired) electrons. The number of Topliss-reactive ketones (excluding diaryl/α,β-unsaturated/α-hetero) is 1. The summed E-state index contributed by atoms with van der Waals surface area (Å²) in [5.41, 5.74) is 1.06. The molecule has 2 unspecified atom stereocenters. The van der Waals surface area contributed by atoms with Crippen molar-refractivity contribution in [1.82, 2.24) is 15.6 Å². The van der Waals surface area contributed by atoms with Crippen molar-refractivity contribution in [3.05, 3.63) is 66.1 Å². The van der Waals surface area contributed by atoms with E-state index in [1.165, 1.54) is 0 Å². The van der Waals surface area contributed by atoms with Gasteiger partial charge in [-0.15, -0.1) is 0 Å². The molecule has 0 fully saturated rings. The van der Waals surface area contributed by atoms with Crippen LogP contribution >= 0.6 is 0 Å². The summed E-state index contributed by atoms with van der Waals surface area (Å²) in [5, 5.41) is 9.72. The molecule has 198 valence electrons. The van der Waals surface area contributed by atoms with E-state index in [-0.39, 0.29) is 13.0 Å². The van der Waals surface area contributed by atoms with Crippen molar-refractivity contribution < 1.29 is 40.7 Å². The van der Waals surface area contributed by atoms with Crippen molar-refractivity contribution in [3.8, 4) is 0 Å². The molecule has 0 saturated carbocycles. The van der Waals surface area contributed by atoms with E-state index in [4.69, 9.17) is 9.52 Å². The zero-order valence-electron chi connectivity index (χ0n) is 19.7. The molecule has 1 aromatic heterocycles. The number of benzene rings is 2. The van der Waals surface area contributed by atoms with Gasteiger partial charge in [-0.25, -0.2) is 26.6 Å². The van der Waals surface area contributed by atoms with E-state index < -0.39 is 66.1 Å². The number of sulfone groups is 2. The Morgan fingerprint density at radius 3 is 2.22 bits per heavy atom. The SMILES string of the molecule is CS(=O)(=O)C(CCNC(=O)C(CNC(=O)O)S(=O)(=O)Cc1ccccc1)C(=O)c1nc2ccccc2o1. The van der Waals surface area contributed by atoms with Crippen LogP contribution in [0.15, 0.2) is 59.0 Å². The molecule has 3 N–H and O–H groups in total. The van der Waals surface area contributed by atoms with Crippen molar-refractivity contribution in [2.45, 2.75) is 22.7 Å². The zero-order valence-corrected chi connectivity index (χ0v) is 21.3. The monoisotopic (exact) mass is 551 g/mol. The number of hydrogen-bond donors (Lipinski definition) is 3. The Morgan fingerprint density at radius 2 is 1.59 bits per heavy atom. The van der Waals surface area contributed by atoms with E-state index in [0.29, 0.717) is 16.7 Å². The first-order valence-corrected chi connectivity index (χ1v) is 14.6. The smallest absolute Gasteiger partial charge is 0.404 e. The molecule has 0 aliphatic heterocycles. The van der Waals surface area contributed by atoms with E-state index in [1.807, 2.05) is 5.32 Å². The van der Waals surface area contributed by atoms with E-state index in [0.717, 1.165) is 6.26 Å². The van der Waals surface area contributed by atoms with Crippen LogP contribution in [0.25, 0.3) is 11.1 Å². The van der Waals surface area contributed by atoms with Crippen molar-refractivity contribution in [2.75, 3.05) is 19.3 Å². The maximum atomic E-state index is 12.9. The van der Waals surface area contributed by atoms with Crippen LogP contribution in [0.2, 0.25) is 0 Å². The van der Waals surface area contributed by atoms with Gasteiger partial charge in [-0.3, -0.25) is 9.59 Å². The number of aromatic nitrogens is 1. The van der Waals surface area contributed by atoms with Crippen molar-refractivity contribution in [3.63, 3.8) is 0 Å². The number of oxazole rings is 1. The Morgan fingerprint density at radius 1 is 0.946 bits per heavy atom. The third-order valence-corrected chi connectivity index (χ3v) is 8.86. The van der Waals surface area contributed by atoms with Gasteiger partial charge in [-0.05, 0) is 24.1 Å². The highest BCUT2D eigenvalue weighted by atomic mass is 32.2. The van der Waals surface area contributed by atoms with Crippen LogP contribution in [0.1, 0.15) is 22.7 Å². The minimum Gasteiger partial charge on any atom is -0.465 e. The lowest BCUT2D eigenvalue weighted by atomic mass is 10.2. The summed E-state index contributed by atoms with van der Waals surface area (Å²) >= 11 is 0. The van der Waals surface area contributed by atoms with Gasteiger partial charge in [0.05, 0.1) is 5.75 Å². The van der Waals surface area contributed by atoms with Gasteiger partial charge < -0.3 is 20.2 Å². The van der Waals surface area contributed by atoms with Gasteiger partial charge in [0.2, 0.25) is 11.7 Å². The summed E-state index contributed by atoms with van der Waals surface area (Å²) in [7, 11) is -8.14. The van der Waals surface area contributed by atoms with Crippen LogP contribution in [-0.4, -0.2) is 74.6 Å². The molecule has 2 aromatic carbocycles. The summed E-state index contributed by atoms with van der Waals surface area (Å²) in [6.45, 7) is -1.10. The molecule has 0 aliphatic carbocycles. The number of carbonyl (C=O) groups is 3. The fourth-order valence-corrected chi connectivity index (χ4v) is 6.21.